The van der Waals surface area contributed by atoms with Gasteiger partial charge in [0.2, 0.25) is 0 Å². The molecule has 0 heterocycles. The van der Waals surface area contributed by atoms with E-state index in [1.807, 2.05) is 0 Å². The smallest absolute Gasteiger partial charge is 0.0352 e. The molecule has 9 heavy (non-hydrogen) atoms. The van der Waals surface area contributed by atoms with Crippen LogP contribution in [0.5, 0.6) is 0 Å². The molecule has 0 nitrogen and oxygen atoms in total. The summed E-state index contributed by atoms with van der Waals surface area (Å²) in [5.41, 5.74) is 0. The molecule has 1 fully saturated rings. The van der Waals surface area contributed by atoms with Gasteiger partial charge in [0.1, 0.15) is 0 Å². The Morgan fingerprint density at radius 2 is 1.44 bits per heavy atom. The summed E-state index contributed by atoms with van der Waals surface area (Å²) in [5.74, 6) is 0.726. The quantitative estimate of drug-likeness (QED) is 0.486. The molecule has 0 aromatic rings. The van der Waals surface area contributed by atoms with Crippen molar-refractivity contribution in [2.24, 2.45) is 5.92 Å². The predicted molar refractivity (Wildman–Crippen MR) is 42.3 cm³/mol. The molecule has 0 radical (unpaired) electrons. The molecule has 0 spiro atoms. The highest BCUT2D eigenvalue weighted by molar-refractivity contribution is 6.23. The van der Waals surface area contributed by atoms with Crippen LogP contribution in [0.1, 0.15) is 26.2 Å². The van der Waals surface area contributed by atoms with Gasteiger partial charge in [-0.25, -0.2) is 0 Å². The van der Waals surface area contributed by atoms with Crippen molar-refractivity contribution < 1.29 is 0 Å². The Morgan fingerprint density at radius 3 is 1.78 bits per heavy atom. The Hall–Kier alpha value is 0.580. The van der Waals surface area contributed by atoms with Gasteiger partial charge in [0.05, 0.1) is 0 Å². The van der Waals surface area contributed by atoms with Crippen molar-refractivity contribution in [3.63, 3.8) is 0 Å². The van der Waals surface area contributed by atoms with Gasteiger partial charge in [-0.3, -0.25) is 0 Å². The third-order valence-corrected chi connectivity index (χ3v) is 2.54. The lowest BCUT2D eigenvalue weighted by Gasteiger charge is -2.25. The fourth-order valence-corrected chi connectivity index (χ4v) is 2.57. The summed E-state index contributed by atoms with van der Waals surface area (Å²) in [5, 5.41) is 0.660. The number of alkyl halides is 2. The summed E-state index contributed by atoms with van der Waals surface area (Å²) in [6.45, 7) is 2.21. The van der Waals surface area contributed by atoms with Crippen LogP contribution in [0.25, 0.3) is 0 Å². The molecule has 0 N–H and O–H groups in total. The maximum atomic E-state index is 5.92. The van der Waals surface area contributed by atoms with Gasteiger partial charge in [-0.05, 0) is 25.2 Å². The van der Waals surface area contributed by atoms with E-state index in [2.05, 4.69) is 6.92 Å². The van der Waals surface area contributed by atoms with Crippen LogP contribution in [0.2, 0.25) is 0 Å². The van der Waals surface area contributed by atoms with Crippen LogP contribution in [0, 0.1) is 5.92 Å². The van der Waals surface area contributed by atoms with Gasteiger partial charge in [0, 0.05) is 10.8 Å². The molecule has 1 rings (SSSR count). The Bertz CT molecular complexity index is 67.9. The third kappa shape index (κ3) is 2.35. The van der Waals surface area contributed by atoms with Crippen molar-refractivity contribution in [1.29, 1.82) is 0 Å². The topological polar surface area (TPSA) is 0 Å². The molecule has 1 aliphatic carbocycles. The zero-order valence-corrected chi connectivity index (χ0v) is 7.12. The van der Waals surface area contributed by atoms with E-state index in [1.165, 1.54) is 0 Å². The van der Waals surface area contributed by atoms with Crippen LogP contribution in [-0.4, -0.2) is 10.8 Å². The molecule has 0 aromatic heterocycles. The normalized spacial score (nSPS) is 45.0. The average Bonchev–Trinajstić information content (AvgIpc) is 1.59. The standard InChI is InChI=1S/C7H12Cl2/c1-5-2-6(8)4-7(9)3-5/h5-7H,2-4H2,1H3/t5?,6-,7+. The van der Waals surface area contributed by atoms with E-state index in [4.69, 9.17) is 23.2 Å². The highest BCUT2D eigenvalue weighted by Crippen LogP contribution is 2.30. The minimum Gasteiger partial charge on any atom is -0.123 e. The third-order valence-electron chi connectivity index (χ3n) is 1.83. The lowest BCUT2D eigenvalue weighted by Crippen LogP contribution is -2.21. The van der Waals surface area contributed by atoms with E-state index in [-0.39, 0.29) is 0 Å². The largest absolute Gasteiger partial charge is 0.123 e. The van der Waals surface area contributed by atoms with Crippen molar-refractivity contribution in [2.45, 2.75) is 36.9 Å². The second-order valence-electron chi connectivity index (χ2n) is 3.01. The molecule has 0 bridgehead atoms. The van der Waals surface area contributed by atoms with Gasteiger partial charge >= 0.3 is 0 Å². The Balaban J connectivity index is 2.34. The van der Waals surface area contributed by atoms with Gasteiger partial charge in [-0.15, -0.1) is 23.2 Å². The van der Waals surface area contributed by atoms with Crippen LogP contribution in [0.4, 0.5) is 0 Å². The van der Waals surface area contributed by atoms with Crippen molar-refractivity contribution in [3.8, 4) is 0 Å². The minimum atomic E-state index is 0.330. The van der Waals surface area contributed by atoms with Crippen molar-refractivity contribution >= 4 is 23.2 Å². The van der Waals surface area contributed by atoms with E-state index in [1.54, 1.807) is 0 Å². The van der Waals surface area contributed by atoms with Crippen LogP contribution in [0.15, 0.2) is 0 Å². The summed E-state index contributed by atoms with van der Waals surface area (Å²) >= 11 is 11.8. The molecule has 0 aromatic carbocycles. The number of hydrogen-bond donors (Lipinski definition) is 0. The van der Waals surface area contributed by atoms with E-state index < -0.39 is 0 Å². The molecule has 0 aliphatic heterocycles. The first kappa shape index (κ1) is 7.68. The molecule has 3 atom stereocenters. The Morgan fingerprint density at radius 1 is 1.00 bits per heavy atom. The Labute approximate surface area is 66.5 Å². The lowest BCUT2D eigenvalue weighted by atomic mass is 9.90. The summed E-state index contributed by atoms with van der Waals surface area (Å²) in [6, 6.07) is 0. The zero-order valence-electron chi connectivity index (χ0n) is 5.61. The van der Waals surface area contributed by atoms with E-state index in [9.17, 15) is 0 Å². The molecule has 0 saturated heterocycles. The average molecular weight is 167 g/mol. The first-order chi connectivity index (χ1) is 4.18. The van der Waals surface area contributed by atoms with E-state index in [0.29, 0.717) is 10.8 Å². The van der Waals surface area contributed by atoms with Crippen LogP contribution >= 0.6 is 23.2 Å². The summed E-state index contributed by atoms with van der Waals surface area (Å²) in [7, 11) is 0. The van der Waals surface area contributed by atoms with Crippen LogP contribution in [0.3, 0.4) is 0 Å². The Kier molecular flexibility index (Phi) is 2.66. The van der Waals surface area contributed by atoms with E-state index in [0.717, 1.165) is 25.2 Å². The van der Waals surface area contributed by atoms with Gasteiger partial charge in [-0.2, -0.15) is 0 Å². The SMILES string of the molecule is CC1C[C@@H](Cl)C[C@@H](Cl)C1. The molecule has 54 valence electrons. The molecule has 1 aliphatic rings. The maximum Gasteiger partial charge on any atom is 0.0352 e. The van der Waals surface area contributed by atoms with Gasteiger partial charge in [0.25, 0.3) is 0 Å². The van der Waals surface area contributed by atoms with Gasteiger partial charge in [-0.1, -0.05) is 6.92 Å². The highest BCUT2D eigenvalue weighted by Gasteiger charge is 2.22. The second-order valence-corrected chi connectivity index (χ2v) is 4.24. The molecule has 0 amide bonds. The number of halogens is 2. The molecular formula is C7H12Cl2. The first-order valence-corrected chi connectivity index (χ1v) is 4.34. The van der Waals surface area contributed by atoms with Crippen molar-refractivity contribution in [2.75, 3.05) is 0 Å². The molecular weight excluding hydrogens is 155 g/mol. The summed E-state index contributed by atoms with van der Waals surface area (Å²) < 4.78 is 0. The van der Waals surface area contributed by atoms with E-state index >= 15 is 0 Å². The van der Waals surface area contributed by atoms with Crippen molar-refractivity contribution in [1.82, 2.24) is 0 Å². The maximum absolute atomic E-state index is 5.92. The molecule has 1 saturated carbocycles. The number of rotatable bonds is 0. The summed E-state index contributed by atoms with van der Waals surface area (Å²) in [6.07, 6.45) is 3.28. The first-order valence-electron chi connectivity index (χ1n) is 3.46. The fraction of sp³-hybridized carbons (Fsp3) is 1.00. The monoisotopic (exact) mass is 166 g/mol. The zero-order chi connectivity index (χ0) is 6.85. The minimum absolute atomic E-state index is 0.330. The summed E-state index contributed by atoms with van der Waals surface area (Å²) in [4.78, 5) is 0. The van der Waals surface area contributed by atoms with Crippen LogP contribution in [-0.2, 0) is 0 Å². The predicted octanol–water partition coefficient (Wildman–Crippen LogP) is 3.02. The lowest BCUT2D eigenvalue weighted by molar-refractivity contribution is 0.396. The second kappa shape index (κ2) is 3.12. The van der Waals surface area contributed by atoms with Crippen LogP contribution < -0.4 is 0 Å². The molecule has 2 heteroatoms. The van der Waals surface area contributed by atoms with Gasteiger partial charge in [0.15, 0.2) is 0 Å². The highest BCUT2D eigenvalue weighted by atomic mass is 35.5. The molecule has 1 unspecified atom stereocenters. The van der Waals surface area contributed by atoms with Gasteiger partial charge < -0.3 is 0 Å². The number of hydrogen-bond acceptors (Lipinski definition) is 0. The van der Waals surface area contributed by atoms with Crippen molar-refractivity contribution in [3.05, 3.63) is 0 Å². The fourth-order valence-electron chi connectivity index (χ4n) is 1.44.